The Kier molecular flexibility index (Phi) is 2.69. The normalized spacial score (nSPS) is 33.7. The van der Waals surface area contributed by atoms with Crippen molar-refractivity contribution in [2.75, 3.05) is 0 Å². The zero-order chi connectivity index (χ0) is 10.2. The molecule has 1 rings (SSSR count). The predicted octanol–water partition coefficient (Wildman–Crippen LogP) is 2.30. The molecule has 0 fully saturated rings. The monoisotopic (exact) mass is 304 g/mol. The van der Waals surface area contributed by atoms with Crippen LogP contribution >= 0.6 is 22.6 Å². The second-order valence-corrected chi connectivity index (χ2v) is 4.00. The number of hydrogen-bond donors (Lipinski definition) is 1. The summed E-state index contributed by atoms with van der Waals surface area (Å²) in [4.78, 5) is 10.3. The maximum atomic E-state index is 13.1. The Hall–Kier alpha value is -0.530. The third-order valence-electron chi connectivity index (χ3n) is 1.57. The molecule has 0 radical (unpaired) electrons. The average Bonchev–Trinajstić information content (AvgIpc) is 2.01. The topological polar surface area (TPSA) is 37.3 Å². The molecule has 2 nitrogen and oxygen atoms in total. The van der Waals surface area contributed by atoms with Gasteiger partial charge in [-0.1, -0.05) is 0 Å². The van der Waals surface area contributed by atoms with Gasteiger partial charge in [0, 0.05) is 0 Å². The maximum absolute atomic E-state index is 13.1. The van der Waals surface area contributed by atoms with Crippen LogP contribution in [-0.2, 0) is 4.79 Å². The second-order valence-electron chi connectivity index (χ2n) is 2.43. The minimum atomic E-state index is -2.90. The zero-order valence-corrected chi connectivity index (χ0v) is 8.26. The molecule has 2 unspecified atom stereocenters. The van der Waals surface area contributed by atoms with Crippen LogP contribution in [0.5, 0.6) is 0 Å². The lowest BCUT2D eigenvalue weighted by Gasteiger charge is -2.24. The van der Waals surface area contributed by atoms with Gasteiger partial charge in [0.1, 0.15) is 0 Å². The van der Waals surface area contributed by atoms with E-state index in [0.29, 0.717) is 6.08 Å². The Morgan fingerprint density at radius 1 is 1.62 bits per heavy atom. The summed E-state index contributed by atoms with van der Waals surface area (Å²) in [6.07, 6.45) is -1.14. The molecule has 2 atom stereocenters. The summed E-state index contributed by atoms with van der Waals surface area (Å²) in [5.41, 5.74) is -0.779. The van der Waals surface area contributed by atoms with Gasteiger partial charge in [0.15, 0.2) is 12.0 Å². The molecular formula is C7H4F3IO2. The van der Waals surface area contributed by atoms with E-state index in [-0.39, 0.29) is 0 Å². The van der Waals surface area contributed by atoms with E-state index in [9.17, 15) is 18.0 Å². The minimum Gasteiger partial charge on any atom is -0.478 e. The van der Waals surface area contributed by atoms with Gasteiger partial charge in [0.25, 0.3) is 0 Å². The summed E-state index contributed by atoms with van der Waals surface area (Å²) in [5.74, 6) is -2.90. The van der Waals surface area contributed by atoms with Gasteiger partial charge < -0.3 is 5.11 Å². The van der Waals surface area contributed by atoms with Crippen LogP contribution in [0, 0.1) is 0 Å². The molecule has 0 aromatic carbocycles. The fourth-order valence-electron chi connectivity index (χ4n) is 0.855. The Bertz CT molecular complexity index is 309. The highest BCUT2D eigenvalue weighted by Gasteiger charge is 2.47. The van der Waals surface area contributed by atoms with Gasteiger partial charge in [-0.05, 0) is 34.7 Å². The molecule has 0 saturated carbocycles. The molecule has 1 aliphatic carbocycles. The molecule has 1 N–H and O–H groups in total. The van der Waals surface area contributed by atoms with Crippen molar-refractivity contribution in [1.82, 2.24) is 0 Å². The average molecular weight is 304 g/mol. The molecule has 0 saturated heterocycles. The van der Waals surface area contributed by atoms with E-state index in [2.05, 4.69) is 0 Å². The fourth-order valence-corrected chi connectivity index (χ4v) is 1.37. The third-order valence-corrected chi connectivity index (χ3v) is 2.63. The van der Waals surface area contributed by atoms with E-state index in [4.69, 9.17) is 5.11 Å². The fraction of sp³-hybridized carbons (Fsp3) is 0.286. The first-order chi connectivity index (χ1) is 5.87. The van der Waals surface area contributed by atoms with E-state index in [1.807, 2.05) is 0 Å². The second kappa shape index (κ2) is 3.32. The summed E-state index contributed by atoms with van der Waals surface area (Å²) in [5, 5.41) is 8.40. The van der Waals surface area contributed by atoms with Gasteiger partial charge in [0.2, 0.25) is 3.68 Å². The predicted molar refractivity (Wildman–Crippen MR) is 47.7 cm³/mol. The maximum Gasteiger partial charge on any atom is 0.334 e. The van der Waals surface area contributed by atoms with Crippen LogP contribution < -0.4 is 0 Å². The van der Waals surface area contributed by atoms with E-state index in [1.54, 1.807) is 0 Å². The molecule has 0 aliphatic heterocycles. The lowest BCUT2D eigenvalue weighted by molar-refractivity contribution is -0.133. The molecule has 0 aromatic rings. The largest absolute Gasteiger partial charge is 0.478 e. The van der Waals surface area contributed by atoms with E-state index >= 15 is 0 Å². The van der Waals surface area contributed by atoms with Crippen LogP contribution in [0.2, 0.25) is 0 Å². The molecule has 1 aliphatic rings. The molecule has 0 spiro atoms. The molecule has 6 heteroatoms. The summed E-state index contributed by atoms with van der Waals surface area (Å²) in [7, 11) is 0. The SMILES string of the molecule is O=C(O)C1=CC=C(F)C(F)(I)C1F. The third kappa shape index (κ3) is 1.72. The van der Waals surface area contributed by atoms with Gasteiger partial charge in [-0.15, -0.1) is 0 Å². The van der Waals surface area contributed by atoms with E-state index in [0.717, 1.165) is 28.7 Å². The number of aliphatic carboxylic acids is 1. The molecule has 13 heavy (non-hydrogen) atoms. The highest BCUT2D eigenvalue weighted by atomic mass is 127. The summed E-state index contributed by atoms with van der Waals surface area (Å²) in [6.45, 7) is 0. The van der Waals surface area contributed by atoms with Gasteiger partial charge in [-0.25, -0.2) is 18.0 Å². The highest BCUT2D eigenvalue weighted by Crippen LogP contribution is 2.42. The Morgan fingerprint density at radius 3 is 2.62 bits per heavy atom. The van der Waals surface area contributed by atoms with Crippen LogP contribution in [0.3, 0.4) is 0 Å². The first-order valence-corrected chi connectivity index (χ1v) is 4.28. The van der Waals surface area contributed by atoms with Crippen molar-refractivity contribution < 1.29 is 23.1 Å². The number of carboxylic acid groups (broad SMARTS) is 1. The van der Waals surface area contributed by atoms with Crippen LogP contribution in [0.25, 0.3) is 0 Å². The highest BCUT2D eigenvalue weighted by molar-refractivity contribution is 14.1. The number of alkyl halides is 3. The van der Waals surface area contributed by atoms with Gasteiger partial charge in [-0.3, -0.25) is 0 Å². The number of carbonyl (C=O) groups is 1. The van der Waals surface area contributed by atoms with Crippen LogP contribution in [0.15, 0.2) is 23.6 Å². The van der Waals surface area contributed by atoms with Gasteiger partial charge in [0.05, 0.1) is 5.57 Å². The number of allylic oxidation sites excluding steroid dienone is 3. The van der Waals surface area contributed by atoms with Gasteiger partial charge >= 0.3 is 5.97 Å². The van der Waals surface area contributed by atoms with Crippen molar-refractivity contribution in [2.45, 2.75) is 9.85 Å². The van der Waals surface area contributed by atoms with Crippen molar-refractivity contribution in [3.63, 3.8) is 0 Å². The van der Waals surface area contributed by atoms with Crippen molar-refractivity contribution in [1.29, 1.82) is 0 Å². The summed E-state index contributed by atoms with van der Waals surface area (Å²) < 4.78 is 35.9. The molecular weight excluding hydrogens is 300 g/mol. The molecule has 0 amide bonds. The van der Waals surface area contributed by atoms with Crippen molar-refractivity contribution in [3.8, 4) is 0 Å². The quantitative estimate of drug-likeness (QED) is 0.596. The summed E-state index contributed by atoms with van der Waals surface area (Å²) >= 11 is 0.902. The van der Waals surface area contributed by atoms with Crippen molar-refractivity contribution in [3.05, 3.63) is 23.6 Å². The van der Waals surface area contributed by atoms with Crippen molar-refractivity contribution >= 4 is 28.6 Å². The number of halogens is 4. The molecule has 0 aromatic heterocycles. The lowest BCUT2D eigenvalue weighted by Crippen LogP contribution is -2.35. The van der Waals surface area contributed by atoms with Crippen LogP contribution in [0.1, 0.15) is 0 Å². The van der Waals surface area contributed by atoms with Crippen LogP contribution in [-0.4, -0.2) is 20.9 Å². The van der Waals surface area contributed by atoms with Crippen molar-refractivity contribution in [2.24, 2.45) is 0 Å². The molecule has 0 heterocycles. The standard InChI is InChI=1S/C7H4F3IO2/c8-4-2-1-3(6(12)13)5(9)7(4,10)11/h1-2,5H,(H,12,13). The van der Waals surface area contributed by atoms with E-state index in [1.165, 1.54) is 0 Å². The number of rotatable bonds is 1. The Balaban J connectivity index is 3.12. The minimum absolute atomic E-state index is 0.617. The summed E-state index contributed by atoms with van der Waals surface area (Å²) in [6, 6.07) is 0. The molecule has 72 valence electrons. The number of hydrogen-bond acceptors (Lipinski definition) is 1. The first-order valence-electron chi connectivity index (χ1n) is 3.20. The first kappa shape index (κ1) is 10.6. The Morgan fingerprint density at radius 2 is 2.15 bits per heavy atom. The lowest BCUT2D eigenvalue weighted by atomic mass is 10.0. The molecule has 0 bridgehead atoms. The zero-order valence-electron chi connectivity index (χ0n) is 6.10. The van der Waals surface area contributed by atoms with Crippen LogP contribution in [0.4, 0.5) is 13.2 Å². The van der Waals surface area contributed by atoms with Gasteiger partial charge in [-0.2, -0.15) is 0 Å². The Labute approximate surface area is 85.3 Å². The smallest absolute Gasteiger partial charge is 0.334 e. The number of carboxylic acids is 1. The van der Waals surface area contributed by atoms with E-state index < -0.39 is 27.2 Å².